The summed E-state index contributed by atoms with van der Waals surface area (Å²) in [5.74, 6) is 0. The van der Waals surface area contributed by atoms with Crippen molar-refractivity contribution in [2.75, 3.05) is 6.61 Å². The molecular weight excluding hydrogens is 215 g/mol. The molecule has 0 aromatic rings. The summed E-state index contributed by atoms with van der Waals surface area (Å²) >= 11 is 0. The maximum Gasteiger partial charge on any atom is 0.362 e. The highest BCUT2D eigenvalue weighted by atomic mass is 31.2. The van der Waals surface area contributed by atoms with E-state index in [0.717, 1.165) is 12.8 Å². The third-order valence-electron chi connectivity index (χ3n) is 2.48. The van der Waals surface area contributed by atoms with E-state index in [-0.39, 0.29) is 0 Å². The third kappa shape index (κ3) is 2.82. The number of rotatable bonds is 4. The van der Waals surface area contributed by atoms with Gasteiger partial charge in [0.25, 0.3) is 0 Å². The molecule has 0 bridgehead atoms. The first-order chi connectivity index (χ1) is 6.72. The average Bonchev–Trinajstić information content (AvgIpc) is 2.16. The van der Waals surface area contributed by atoms with Crippen molar-refractivity contribution in [3.63, 3.8) is 0 Å². The maximum absolute atomic E-state index is 12.3. The van der Waals surface area contributed by atoms with Crippen molar-refractivity contribution >= 4 is 7.60 Å². The van der Waals surface area contributed by atoms with Crippen molar-refractivity contribution in [2.24, 2.45) is 0 Å². The summed E-state index contributed by atoms with van der Waals surface area (Å²) in [6.45, 7) is 7.54. The summed E-state index contributed by atoms with van der Waals surface area (Å²) in [6.07, 6.45) is 2.12. The number of aliphatic hydroxyl groups is 1. The molecule has 4 nitrogen and oxygen atoms in total. The molecule has 0 amide bonds. The molecule has 2 atom stereocenters. The minimum absolute atomic E-state index is 0.337. The van der Waals surface area contributed by atoms with Gasteiger partial charge in [-0.15, -0.1) is 0 Å². The van der Waals surface area contributed by atoms with E-state index in [1.165, 1.54) is 6.92 Å². The Bertz CT molecular complexity index is 273. The molecular formula is C10H21O4P. The van der Waals surface area contributed by atoms with Crippen LogP contribution in [-0.2, 0) is 13.6 Å². The van der Waals surface area contributed by atoms with Crippen LogP contribution in [0.1, 0.15) is 47.0 Å². The Kier molecular flexibility index (Phi) is 3.66. The van der Waals surface area contributed by atoms with Crippen LogP contribution in [0.5, 0.6) is 0 Å². The first-order valence-corrected chi connectivity index (χ1v) is 6.94. The van der Waals surface area contributed by atoms with E-state index in [1.54, 1.807) is 0 Å². The molecule has 0 radical (unpaired) electrons. The lowest BCUT2D eigenvalue weighted by Gasteiger charge is -2.23. The highest BCUT2D eigenvalue weighted by molar-refractivity contribution is 7.55. The molecule has 1 heterocycles. The molecule has 0 aliphatic carbocycles. The predicted molar refractivity (Wildman–Crippen MR) is 58.9 cm³/mol. The molecule has 1 N–H and O–H groups in total. The normalized spacial score (nSPS) is 39.5. The standard InChI is InChI=1S/C10H21O4P/c1-5-6-7-13-15(12)10(4,11)8-9(2,3)14-15/h11H,5-8H2,1-4H3. The van der Waals surface area contributed by atoms with Gasteiger partial charge in [-0.25, -0.2) is 0 Å². The van der Waals surface area contributed by atoms with Crippen LogP contribution < -0.4 is 0 Å². The van der Waals surface area contributed by atoms with Crippen molar-refractivity contribution < 1.29 is 18.7 Å². The van der Waals surface area contributed by atoms with Crippen molar-refractivity contribution in [1.82, 2.24) is 0 Å². The Hall–Kier alpha value is 0.110. The molecule has 1 rings (SSSR count). The van der Waals surface area contributed by atoms with Crippen LogP contribution in [-0.4, -0.2) is 22.7 Å². The zero-order chi connectivity index (χ0) is 11.7. The van der Waals surface area contributed by atoms with E-state index < -0.39 is 18.5 Å². The smallest absolute Gasteiger partial charge is 0.362 e. The fraction of sp³-hybridized carbons (Fsp3) is 1.00. The minimum atomic E-state index is -3.37. The Morgan fingerprint density at radius 1 is 1.47 bits per heavy atom. The molecule has 15 heavy (non-hydrogen) atoms. The fourth-order valence-electron chi connectivity index (χ4n) is 1.85. The summed E-state index contributed by atoms with van der Waals surface area (Å²) < 4.78 is 22.9. The van der Waals surface area contributed by atoms with Crippen LogP contribution in [0.2, 0.25) is 0 Å². The summed E-state index contributed by atoms with van der Waals surface area (Å²) in [4.78, 5) is 0. The fourth-order valence-corrected chi connectivity index (χ4v) is 4.04. The van der Waals surface area contributed by atoms with Gasteiger partial charge in [-0.3, -0.25) is 4.57 Å². The zero-order valence-electron chi connectivity index (χ0n) is 9.95. The second-order valence-corrected chi connectivity index (χ2v) is 7.33. The van der Waals surface area contributed by atoms with E-state index in [9.17, 15) is 9.67 Å². The lowest BCUT2D eigenvalue weighted by atomic mass is 10.0. The van der Waals surface area contributed by atoms with Gasteiger partial charge < -0.3 is 14.2 Å². The second-order valence-electron chi connectivity index (χ2n) is 4.93. The van der Waals surface area contributed by atoms with Crippen LogP contribution in [0, 0.1) is 0 Å². The van der Waals surface area contributed by atoms with E-state index in [1.807, 2.05) is 20.8 Å². The summed E-state index contributed by atoms with van der Waals surface area (Å²) in [6, 6.07) is 0. The quantitative estimate of drug-likeness (QED) is 0.602. The summed E-state index contributed by atoms with van der Waals surface area (Å²) in [5, 5.41) is 8.68. The monoisotopic (exact) mass is 236 g/mol. The molecule has 1 aliphatic rings. The highest BCUT2D eigenvalue weighted by Crippen LogP contribution is 2.69. The van der Waals surface area contributed by atoms with Gasteiger partial charge in [0.15, 0.2) is 5.34 Å². The van der Waals surface area contributed by atoms with Gasteiger partial charge in [-0.05, 0) is 27.2 Å². The van der Waals surface area contributed by atoms with Gasteiger partial charge in [0.05, 0.1) is 12.2 Å². The molecule has 5 heteroatoms. The molecule has 90 valence electrons. The number of hydrogen-bond acceptors (Lipinski definition) is 4. The zero-order valence-corrected chi connectivity index (χ0v) is 10.8. The molecule has 0 aromatic heterocycles. The molecule has 0 aromatic carbocycles. The second kappa shape index (κ2) is 4.17. The van der Waals surface area contributed by atoms with Gasteiger partial charge in [0.1, 0.15) is 0 Å². The van der Waals surface area contributed by atoms with Gasteiger partial charge in [-0.1, -0.05) is 13.3 Å². The molecule has 1 saturated heterocycles. The number of unbranched alkanes of at least 4 members (excludes halogenated alkanes) is 1. The minimum Gasteiger partial charge on any atom is -0.377 e. The predicted octanol–water partition coefficient (Wildman–Crippen LogP) is 2.90. The lowest BCUT2D eigenvalue weighted by molar-refractivity contribution is 0.0925. The van der Waals surface area contributed by atoms with Gasteiger partial charge in [0.2, 0.25) is 0 Å². The summed E-state index contributed by atoms with van der Waals surface area (Å²) in [5.41, 5.74) is -0.578. The van der Waals surface area contributed by atoms with Crippen LogP contribution in [0.4, 0.5) is 0 Å². The van der Waals surface area contributed by atoms with E-state index in [4.69, 9.17) is 9.05 Å². The Morgan fingerprint density at radius 2 is 2.07 bits per heavy atom. The van der Waals surface area contributed by atoms with Crippen LogP contribution in [0.3, 0.4) is 0 Å². The van der Waals surface area contributed by atoms with Crippen LogP contribution in [0.15, 0.2) is 0 Å². The van der Waals surface area contributed by atoms with E-state index >= 15 is 0 Å². The number of hydrogen-bond donors (Lipinski definition) is 1. The Morgan fingerprint density at radius 3 is 2.47 bits per heavy atom. The Labute approximate surface area is 91.5 Å². The first kappa shape index (κ1) is 13.2. The average molecular weight is 236 g/mol. The van der Waals surface area contributed by atoms with Crippen LogP contribution >= 0.6 is 7.60 Å². The SMILES string of the molecule is CCCCOP1(=O)OC(C)(C)CC1(C)O. The lowest BCUT2D eigenvalue weighted by Crippen LogP contribution is -2.24. The van der Waals surface area contributed by atoms with Gasteiger partial charge >= 0.3 is 7.60 Å². The molecule has 0 saturated carbocycles. The van der Waals surface area contributed by atoms with E-state index in [2.05, 4.69) is 0 Å². The molecule has 0 spiro atoms. The third-order valence-corrected chi connectivity index (χ3v) is 5.07. The van der Waals surface area contributed by atoms with Crippen molar-refractivity contribution in [1.29, 1.82) is 0 Å². The largest absolute Gasteiger partial charge is 0.377 e. The molecule has 1 fully saturated rings. The van der Waals surface area contributed by atoms with E-state index in [0.29, 0.717) is 13.0 Å². The van der Waals surface area contributed by atoms with Crippen molar-refractivity contribution in [2.45, 2.75) is 57.9 Å². The van der Waals surface area contributed by atoms with Gasteiger partial charge in [0, 0.05) is 6.42 Å². The Balaban J connectivity index is 2.71. The van der Waals surface area contributed by atoms with Crippen molar-refractivity contribution in [3.8, 4) is 0 Å². The molecule has 1 aliphatic heterocycles. The van der Waals surface area contributed by atoms with Crippen molar-refractivity contribution in [3.05, 3.63) is 0 Å². The van der Waals surface area contributed by atoms with Gasteiger partial charge in [-0.2, -0.15) is 0 Å². The molecule has 2 unspecified atom stereocenters. The maximum atomic E-state index is 12.3. The van der Waals surface area contributed by atoms with Crippen LogP contribution in [0.25, 0.3) is 0 Å². The highest BCUT2D eigenvalue weighted by Gasteiger charge is 2.58. The first-order valence-electron chi connectivity index (χ1n) is 5.40. The summed E-state index contributed by atoms with van der Waals surface area (Å²) in [7, 11) is -3.37. The topological polar surface area (TPSA) is 55.8 Å².